The Hall–Kier alpha value is -0.730. The molecule has 3 heteroatoms. The van der Waals surface area contributed by atoms with Gasteiger partial charge in [0.05, 0.1) is 6.54 Å². The van der Waals surface area contributed by atoms with Gasteiger partial charge in [0.15, 0.2) is 0 Å². The van der Waals surface area contributed by atoms with Gasteiger partial charge in [-0.1, -0.05) is 36.0 Å². The van der Waals surface area contributed by atoms with Gasteiger partial charge in [0.1, 0.15) is 0 Å². The standard InChI is InChI=1S/C9H8ClNS/c10-9-3-1-2-8(6-9)7-11-4-5-12/h1-3,5-7H,4H2. The maximum absolute atomic E-state index is 5.77. The summed E-state index contributed by atoms with van der Waals surface area (Å²) in [6, 6.07) is 7.52. The van der Waals surface area contributed by atoms with Crippen LogP contribution in [0.2, 0.25) is 5.02 Å². The summed E-state index contributed by atoms with van der Waals surface area (Å²) < 4.78 is 0. The van der Waals surface area contributed by atoms with Crippen LogP contribution in [0.25, 0.3) is 0 Å². The molecule has 1 aromatic carbocycles. The van der Waals surface area contributed by atoms with Gasteiger partial charge in [-0.05, 0) is 17.7 Å². The van der Waals surface area contributed by atoms with Crippen molar-refractivity contribution < 1.29 is 0 Å². The molecule has 0 aromatic heterocycles. The first-order valence-electron chi connectivity index (χ1n) is 3.52. The zero-order valence-corrected chi connectivity index (χ0v) is 7.98. The average Bonchev–Trinajstić information content (AvgIpc) is 2.05. The molecule has 0 aliphatic rings. The van der Waals surface area contributed by atoms with Crippen molar-refractivity contribution in [2.45, 2.75) is 0 Å². The molecule has 0 radical (unpaired) electrons. The molecule has 1 rings (SSSR count). The number of halogens is 1. The fourth-order valence-electron chi connectivity index (χ4n) is 0.788. The van der Waals surface area contributed by atoms with Crippen LogP contribution in [0, 0.1) is 0 Å². The molecule has 62 valence electrons. The van der Waals surface area contributed by atoms with Crippen LogP contribution < -0.4 is 0 Å². The second-order valence-corrected chi connectivity index (χ2v) is 2.99. The zero-order chi connectivity index (χ0) is 8.81. The summed E-state index contributed by atoms with van der Waals surface area (Å²) in [5.41, 5.74) is 0.999. The molecule has 0 amide bonds. The Morgan fingerprint density at radius 1 is 1.50 bits per heavy atom. The lowest BCUT2D eigenvalue weighted by Gasteiger charge is -1.92. The van der Waals surface area contributed by atoms with Crippen LogP contribution >= 0.6 is 23.8 Å². The van der Waals surface area contributed by atoms with Crippen molar-refractivity contribution in [3.63, 3.8) is 0 Å². The number of nitrogens with zero attached hydrogens (tertiary/aromatic N) is 1. The number of rotatable bonds is 3. The predicted molar refractivity (Wildman–Crippen MR) is 57.6 cm³/mol. The normalized spacial score (nSPS) is 10.4. The third-order valence-electron chi connectivity index (χ3n) is 1.27. The van der Waals surface area contributed by atoms with E-state index in [-0.39, 0.29) is 0 Å². The lowest BCUT2D eigenvalue weighted by Crippen LogP contribution is -1.83. The van der Waals surface area contributed by atoms with E-state index < -0.39 is 0 Å². The molecule has 0 spiro atoms. The maximum Gasteiger partial charge on any atom is 0.0672 e. The number of thiocarbonyl (C=S) groups is 1. The smallest absolute Gasteiger partial charge is 0.0672 e. The Labute approximate surface area is 82.1 Å². The zero-order valence-electron chi connectivity index (χ0n) is 6.40. The second kappa shape index (κ2) is 5.01. The van der Waals surface area contributed by atoms with Gasteiger partial charge in [0.2, 0.25) is 0 Å². The van der Waals surface area contributed by atoms with Crippen LogP contribution in [-0.4, -0.2) is 18.1 Å². The molecule has 0 fully saturated rings. The Bertz CT molecular complexity index is 296. The molecule has 12 heavy (non-hydrogen) atoms. The predicted octanol–water partition coefficient (Wildman–Crippen LogP) is 2.76. The Morgan fingerprint density at radius 3 is 3.00 bits per heavy atom. The fraction of sp³-hybridized carbons (Fsp3) is 0.111. The highest BCUT2D eigenvalue weighted by molar-refractivity contribution is 7.79. The molecular weight excluding hydrogens is 190 g/mol. The molecule has 0 atom stereocenters. The van der Waals surface area contributed by atoms with E-state index in [2.05, 4.69) is 17.2 Å². The van der Waals surface area contributed by atoms with Gasteiger partial charge in [-0.15, -0.1) is 0 Å². The van der Waals surface area contributed by atoms with E-state index in [9.17, 15) is 0 Å². The first kappa shape index (κ1) is 9.36. The van der Waals surface area contributed by atoms with Crippen molar-refractivity contribution in [3.05, 3.63) is 34.9 Å². The topological polar surface area (TPSA) is 12.4 Å². The van der Waals surface area contributed by atoms with Crippen molar-refractivity contribution in [1.82, 2.24) is 0 Å². The van der Waals surface area contributed by atoms with E-state index >= 15 is 0 Å². The molecule has 0 saturated carbocycles. The van der Waals surface area contributed by atoms with E-state index in [0.29, 0.717) is 6.54 Å². The average molecular weight is 198 g/mol. The minimum Gasteiger partial charge on any atom is -0.288 e. The van der Waals surface area contributed by atoms with Gasteiger partial charge in [-0.3, -0.25) is 4.99 Å². The molecule has 0 heterocycles. The van der Waals surface area contributed by atoms with E-state index in [0.717, 1.165) is 10.6 Å². The van der Waals surface area contributed by atoms with Crippen LogP contribution in [0.1, 0.15) is 5.56 Å². The molecule has 0 aliphatic carbocycles. The van der Waals surface area contributed by atoms with Gasteiger partial charge in [0, 0.05) is 16.6 Å². The maximum atomic E-state index is 5.77. The number of aliphatic imine (C=N–C) groups is 1. The first-order valence-corrected chi connectivity index (χ1v) is 4.37. The number of hydrogen-bond donors (Lipinski definition) is 0. The summed E-state index contributed by atoms with van der Waals surface area (Å²) in [4.78, 5) is 4.06. The Morgan fingerprint density at radius 2 is 2.33 bits per heavy atom. The quantitative estimate of drug-likeness (QED) is 0.536. The van der Waals surface area contributed by atoms with Gasteiger partial charge >= 0.3 is 0 Å². The van der Waals surface area contributed by atoms with Gasteiger partial charge in [-0.2, -0.15) is 0 Å². The van der Waals surface area contributed by atoms with Crippen LogP contribution in [-0.2, 0) is 0 Å². The van der Waals surface area contributed by atoms with Crippen LogP contribution in [0.3, 0.4) is 0 Å². The molecule has 0 bridgehead atoms. The molecule has 1 aromatic rings. The highest BCUT2D eigenvalue weighted by atomic mass is 35.5. The van der Waals surface area contributed by atoms with Crippen LogP contribution in [0.15, 0.2) is 29.3 Å². The number of benzene rings is 1. The minimum absolute atomic E-state index is 0.571. The molecule has 0 saturated heterocycles. The lowest BCUT2D eigenvalue weighted by molar-refractivity contribution is 1.36. The summed E-state index contributed by atoms with van der Waals surface area (Å²) in [5.74, 6) is 0. The monoisotopic (exact) mass is 197 g/mol. The third kappa shape index (κ3) is 3.11. The SMILES string of the molecule is S=CCN=Cc1cccc(Cl)c1. The number of hydrogen-bond acceptors (Lipinski definition) is 2. The van der Waals surface area contributed by atoms with Crippen molar-refractivity contribution in [2.24, 2.45) is 4.99 Å². The second-order valence-electron chi connectivity index (χ2n) is 2.22. The lowest BCUT2D eigenvalue weighted by atomic mass is 10.2. The van der Waals surface area contributed by atoms with Crippen molar-refractivity contribution in [3.8, 4) is 0 Å². The summed E-state index contributed by atoms with van der Waals surface area (Å²) in [6.45, 7) is 0.571. The van der Waals surface area contributed by atoms with Crippen molar-refractivity contribution in [2.75, 3.05) is 6.54 Å². The molecule has 0 N–H and O–H groups in total. The van der Waals surface area contributed by atoms with Crippen molar-refractivity contribution in [1.29, 1.82) is 0 Å². The van der Waals surface area contributed by atoms with Gasteiger partial charge < -0.3 is 0 Å². The summed E-state index contributed by atoms with van der Waals surface area (Å²) in [5, 5.41) is 2.31. The highest BCUT2D eigenvalue weighted by Gasteiger charge is 1.87. The molecule has 0 unspecified atom stereocenters. The van der Waals surface area contributed by atoms with E-state index in [1.54, 1.807) is 11.6 Å². The largest absolute Gasteiger partial charge is 0.288 e. The van der Waals surface area contributed by atoms with Crippen LogP contribution in [0.4, 0.5) is 0 Å². The van der Waals surface area contributed by atoms with Gasteiger partial charge in [0.25, 0.3) is 0 Å². The first-order chi connectivity index (χ1) is 5.83. The Kier molecular flexibility index (Phi) is 3.91. The van der Waals surface area contributed by atoms with E-state index in [1.807, 2.05) is 24.3 Å². The summed E-state index contributed by atoms with van der Waals surface area (Å²) in [7, 11) is 0. The third-order valence-corrected chi connectivity index (χ3v) is 1.65. The minimum atomic E-state index is 0.571. The fourth-order valence-corrected chi connectivity index (χ4v) is 1.07. The molecule has 0 aliphatic heterocycles. The summed E-state index contributed by atoms with van der Waals surface area (Å²) >= 11 is 10.4. The van der Waals surface area contributed by atoms with Crippen LogP contribution in [0.5, 0.6) is 0 Å². The van der Waals surface area contributed by atoms with E-state index in [1.165, 1.54) is 0 Å². The van der Waals surface area contributed by atoms with E-state index in [4.69, 9.17) is 11.6 Å². The Balaban J connectivity index is 2.69. The van der Waals surface area contributed by atoms with Crippen molar-refractivity contribution >= 4 is 35.4 Å². The molecule has 1 nitrogen and oxygen atoms in total. The highest BCUT2D eigenvalue weighted by Crippen LogP contribution is 2.08. The summed E-state index contributed by atoms with van der Waals surface area (Å²) in [6.07, 6.45) is 1.76. The van der Waals surface area contributed by atoms with Gasteiger partial charge in [-0.25, -0.2) is 0 Å². The molecular formula is C9H8ClNS.